The lowest BCUT2D eigenvalue weighted by molar-refractivity contribution is -0.152. The van der Waals surface area contributed by atoms with Crippen molar-refractivity contribution < 1.29 is 9.53 Å². The first-order valence-electron chi connectivity index (χ1n) is 4.90. The number of hydrogen-bond donors (Lipinski definition) is 0. The number of carbonyl (C=O) groups excluding carboxylic acids is 1. The summed E-state index contributed by atoms with van der Waals surface area (Å²) in [6, 6.07) is 0. The molecule has 0 unspecified atom stereocenters. The predicted octanol–water partition coefficient (Wildman–Crippen LogP) is 2.88. The SMILES string of the molecule is CC(C)(Cl)C(=O)OC1CCCCC1. The Bertz CT molecular complexity index is 178. The van der Waals surface area contributed by atoms with Crippen molar-refractivity contribution in [1.82, 2.24) is 0 Å². The zero-order valence-electron chi connectivity index (χ0n) is 8.31. The molecule has 0 spiro atoms. The molecule has 3 heteroatoms. The molecule has 0 N–H and O–H groups in total. The molecular formula is C10H17ClO2. The molecule has 0 aromatic heterocycles. The number of halogens is 1. The normalized spacial score (nSPS) is 19.9. The maximum Gasteiger partial charge on any atom is 0.326 e. The Morgan fingerprint density at radius 2 is 1.85 bits per heavy atom. The highest BCUT2D eigenvalue weighted by Crippen LogP contribution is 2.23. The van der Waals surface area contributed by atoms with E-state index in [1.165, 1.54) is 19.3 Å². The standard InChI is InChI=1S/C10H17ClO2/c1-10(2,11)9(12)13-8-6-4-3-5-7-8/h8H,3-7H2,1-2H3. The summed E-state index contributed by atoms with van der Waals surface area (Å²) in [5, 5.41) is 0. The third kappa shape index (κ3) is 3.55. The summed E-state index contributed by atoms with van der Waals surface area (Å²) in [6.45, 7) is 3.33. The average Bonchev–Trinajstić information content (AvgIpc) is 2.04. The van der Waals surface area contributed by atoms with E-state index >= 15 is 0 Å². The molecular weight excluding hydrogens is 188 g/mol. The molecule has 1 saturated carbocycles. The molecule has 0 radical (unpaired) electrons. The zero-order chi connectivity index (χ0) is 9.90. The lowest BCUT2D eigenvalue weighted by atomic mass is 9.98. The molecule has 1 aliphatic carbocycles. The largest absolute Gasteiger partial charge is 0.461 e. The van der Waals surface area contributed by atoms with Gasteiger partial charge in [0.2, 0.25) is 0 Å². The summed E-state index contributed by atoms with van der Waals surface area (Å²) in [5.74, 6) is -0.291. The van der Waals surface area contributed by atoms with Gasteiger partial charge >= 0.3 is 5.97 Å². The molecule has 0 aliphatic heterocycles. The van der Waals surface area contributed by atoms with Gasteiger partial charge in [-0.1, -0.05) is 6.42 Å². The molecule has 0 saturated heterocycles. The Morgan fingerprint density at radius 1 is 1.31 bits per heavy atom. The first-order chi connectivity index (χ1) is 6.00. The Hall–Kier alpha value is -0.240. The van der Waals surface area contributed by atoms with Gasteiger partial charge in [0.25, 0.3) is 0 Å². The van der Waals surface area contributed by atoms with E-state index in [1.54, 1.807) is 13.8 Å². The van der Waals surface area contributed by atoms with E-state index < -0.39 is 4.87 Å². The van der Waals surface area contributed by atoms with Crippen molar-refractivity contribution in [3.05, 3.63) is 0 Å². The summed E-state index contributed by atoms with van der Waals surface area (Å²) >= 11 is 5.83. The second-order valence-electron chi connectivity index (χ2n) is 4.14. The maximum atomic E-state index is 11.4. The van der Waals surface area contributed by atoms with Crippen LogP contribution in [0.25, 0.3) is 0 Å². The minimum atomic E-state index is -0.878. The van der Waals surface area contributed by atoms with Crippen molar-refractivity contribution in [2.45, 2.75) is 56.9 Å². The van der Waals surface area contributed by atoms with E-state index in [9.17, 15) is 4.79 Å². The van der Waals surface area contributed by atoms with E-state index in [0.29, 0.717) is 0 Å². The van der Waals surface area contributed by atoms with Crippen LogP contribution in [-0.4, -0.2) is 16.9 Å². The van der Waals surface area contributed by atoms with Crippen LogP contribution in [0.3, 0.4) is 0 Å². The Morgan fingerprint density at radius 3 is 2.31 bits per heavy atom. The lowest BCUT2D eigenvalue weighted by Crippen LogP contribution is -2.32. The summed E-state index contributed by atoms with van der Waals surface area (Å²) < 4.78 is 5.28. The molecule has 0 bridgehead atoms. The van der Waals surface area contributed by atoms with Gasteiger partial charge in [0.15, 0.2) is 0 Å². The number of carbonyl (C=O) groups is 1. The van der Waals surface area contributed by atoms with Crippen LogP contribution in [0.15, 0.2) is 0 Å². The molecule has 0 aromatic rings. The van der Waals surface area contributed by atoms with Gasteiger partial charge in [0.05, 0.1) is 0 Å². The highest BCUT2D eigenvalue weighted by Gasteiger charge is 2.29. The molecule has 0 amide bonds. The van der Waals surface area contributed by atoms with Crippen LogP contribution in [0.1, 0.15) is 46.0 Å². The van der Waals surface area contributed by atoms with E-state index in [-0.39, 0.29) is 12.1 Å². The first kappa shape index (κ1) is 10.8. The van der Waals surface area contributed by atoms with Crippen molar-refractivity contribution in [1.29, 1.82) is 0 Å². The van der Waals surface area contributed by atoms with Gasteiger partial charge in [-0.25, -0.2) is 0 Å². The first-order valence-corrected chi connectivity index (χ1v) is 5.28. The van der Waals surface area contributed by atoms with Gasteiger partial charge in [-0.05, 0) is 39.5 Å². The number of hydrogen-bond acceptors (Lipinski definition) is 2. The fourth-order valence-corrected chi connectivity index (χ4v) is 1.52. The highest BCUT2D eigenvalue weighted by atomic mass is 35.5. The molecule has 2 nitrogen and oxygen atoms in total. The summed E-state index contributed by atoms with van der Waals surface area (Å²) in [5.41, 5.74) is 0. The Labute approximate surface area is 84.6 Å². The fourth-order valence-electron chi connectivity index (χ4n) is 1.47. The molecule has 76 valence electrons. The van der Waals surface area contributed by atoms with Gasteiger partial charge < -0.3 is 4.74 Å². The molecule has 13 heavy (non-hydrogen) atoms. The zero-order valence-corrected chi connectivity index (χ0v) is 9.06. The predicted molar refractivity (Wildman–Crippen MR) is 52.9 cm³/mol. The third-order valence-electron chi connectivity index (χ3n) is 2.31. The number of esters is 1. The molecule has 1 rings (SSSR count). The lowest BCUT2D eigenvalue weighted by Gasteiger charge is -2.24. The third-order valence-corrected chi connectivity index (χ3v) is 2.47. The van der Waals surface area contributed by atoms with Gasteiger partial charge in [0, 0.05) is 0 Å². The van der Waals surface area contributed by atoms with Crippen LogP contribution in [-0.2, 0) is 9.53 Å². The summed E-state index contributed by atoms with van der Waals surface area (Å²) in [7, 11) is 0. The summed E-state index contributed by atoms with van der Waals surface area (Å²) in [4.78, 5) is 10.5. The molecule has 0 aromatic carbocycles. The van der Waals surface area contributed by atoms with E-state index in [1.807, 2.05) is 0 Å². The summed E-state index contributed by atoms with van der Waals surface area (Å²) in [6.07, 6.45) is 5.70. The van der Waals surface area contributed by atoms with E-state index in [0.717, 1.165) is 12.8 Å². The van der Waals surface area contributed by atoms with Crippen molar-refractivity contribution >= 4 is 17.6 Å². The van der Waals surface area contributed by atoms with Gasteiger partial charge in [-0.3, -0.25) is 4.79 Å². The van der Waals surface area contributed by atoms with Crippen LogP contribution in [0, 0.1) is 0 Å². The Balaban J connectivity index is 2.35. The van der Waals surface area contributed by atoms with E-state index in [4.69, 9.17) is 16.3 Å². The van der Waals surface area contributed by atoms with Crippen LogP contribution >= 0.6 is 11.6 Å². The minimum Gasteiger partial charge on any atom is -0.461 e. The number of ether oxygens (including phenoxy) is 1. The second kappa shape index (κ2) is 4.32. The second-order valence-corrected chi connectivity index (χ2v) is 5.08. The fraction of sp³-hybridized carbons (Fsp3) is 0.900. The quantitative estimate of drug-likeness (QED) is 0.511. The maximum absolute atomic E-state index is 11.4. The van der Waals surface area contributed by atoms with E-state index in [2.05, 4.69) is 0 Å². The monoisotopic (exact) mass is 204 g/mol. The molecule has 1 aliphatic rings. The molecule has 1 fully saturated rings. The minimum absolute atomic E-state index is 0.110. The Kier molecular flexibility index (Phi) is 3.60. The van der Waals surface area contributed by atoms with Crippen LogP contribution in [0.5, 0.6) is 0 Å². The smallest absolute Gasteiger partial charge is 0.326 e. The van der Waals surface area contributed by atoms with Gasteiger partial charge in [-0.15, -0.1) is 11.6 Å². The van der Waals surface area contributed by atoms with Crippen molar-refractivity contribution in [3.8, 4) is 0 Å². The van der Waals surface area contributed by atoms with Gasteiger partial charge in [-0.2, -0.15) is 0 Å². The van der Waals surface area contributed by atoms with Crippen LogP contribution < -0.4 is 0 Å². The average molecular weight is 205 g/mol. The van der Waals surface area contributed by atoms with Crippen molar-refractivity contribution in [2.24, 2.45) is 0 Å². The molecule has 0 heterocycles. The van der Waals surface area contributed by atoms with Crippen LogP contribution in [0.2, 0.25) is 0 Å². The number of rotatable bonds is 2. The topological polar surface area (TPSA) is 26.3 Å². The van der Waals surface area contributed by atoms with Crippen LogP contribution in [0.4, 0.5) is 0 Å². The van der Waals surface area contributed by atoms with Crippen molar-refractivity contribution in [3.63, 3.8) is 0 Å². The highest BCUT2D eigenvalue weighted by molar-refractivity contribution is 6.33. The van der Waals surface area contributed by atoms with Gasteiger partial charge in [0.1, 0.15) is 11.0 Å². The van der Waals surface area contributed by atoms with Crippen molar-refractivity contribution in [2.75, 3.05) is 0 Å². The molecule has 0 atom stereocenters. The number of alkyl halides is 1.